The fourth-order valence-electron chi connectivity index (χ4n) is 7.02. The molecule has 0 bridgehead atoms. The number of benzene rings is 6. The number of hydrogen-bond acceptors (Lipinski definition) is 2. The van der Waals surface area contributed by atoms with Gasteiger partial charge in [-0.25, -0.2) is 0 Å². The predicted octanol–water partition coefficient (Wildman–Crippen LogP) is 15.0. The minimum Gasteiger partial charge on any atom is -0.256 e. The second-order valence-corrected chi connectivity index (χ2v) is 18.0. The van der Waals surface area contributed by atoms with Crippen LogP contribution in [-0.2, 0) is 20.8 Å². The van der Waals surface area contributed by atoms with Gasteiger partial charge >= 0.3 is 37.9 Å². The zero-order valence-electron chi connectivity index (χ0n) is 31.1. The molecule has 0 saturated heterocycles. The van der Waals surface area contributed by atoms with Crippen LogP contribution >= 0.6 is 17.0 Å². The van der Waals surface area contributed by atoms with Crippen LogP contribution in [0, 0.1) is 0 Å². The number of hydrogen-bond donors (Lipinski definition) is 0. The summed E-state index contributed by atoms with van der Waals surface area (Å²) < 4.78 is 0. The van der Waals surface area contributed by atoms with Gasteiger partial charge in [0.05, 0.1) is 11.0 Å². The second kappa shape index (κ2) is 19.3. The molecule has 2 aromatic heterocycles. The van der Waals surface area contributed by atoms with Crippen molar-refractivity contribution < 1.29 is 20.8 Å². The quantitative estimate of drug-likeness (QED) is 0.130. The van der Waals surface area contributed by atoms with Crippen LogP contribution in [-0.4, -0.2) is 19.5 Å². The second-order valence-electron chi connectivity index (χ2n) is 13.2. The number of halogens is 2. The molecular formula is C50H38Cl2N2SiZr. The number of rotatable bonds is 4. The van der Waals surface area contributed by atoms with Crippen LogP contribution in [0.3, 0.4) is 0 Å². The van der Waals surface area contributed by atoms with Gasteiger partial charge in [-0.3, -0.25) is 9.97 Å². The smallest absolute Gasteiger partial charge is 0.0773 e. The average Bonchev–Trinajstić information content (AvgIpc) is 3.89. The largest absolute Gasteiger partial charge is 0.256 e. The van der Waals surface area contributed by atoms with Crippen molar-refractivity contribution in [2.75, 3.05) is 0 Å². The Labute approximate surface area is 350 Å². The molecule has 0 spiro atoms. The molecule has 0 saturated carbocycles. The van der Waals surface area contributed by atoms with E-state index in [0.717, 1.165) is 20.6 Å². The summed E-state index contributed by atoms with van der Waals surface area (Å²) in [7, 11) is 11.0. The third-order valence-electron chi connectivity index (χ3n) is 9.52. The number of pyridine rings is 2. The van der Waals surface area contributed by atoms with Gasteiger partial charge in [-0.2, -0.15) is 0 Å². The Hall–Kier alpha value is -4.96. The van der Waals surface area contributed by atoms with E-state index in [2.05, 4.69) is 193 Å². The van der Waals surface area contributed by atoms with E-state index in [4.69, 9.17) is 17.0 Å². The van der Waals surface area contributed by atoms with Gasteiger partial charge in [-0.1, -0.05) is 158 Å². The van der Waals surface area contributed by atoms with Gasteiger partial charge in [-0.05, 0) is 23.3 Å². The van der Waals surface area contributed by atoms with Crippen molar-refractivity contribution in [3.05, 3.63) is 194 Å². The van der Waals surface area contributed by atoms with Crippen LogP contribution in [0.2, 0.25) is 13.1 Å². The molecule has 2 radical (unpaired) electrons. The first-order valence-corrected chi connectivity index (χ1v) is 26.7. The topological polar surface area (TPSA) is 25.8 Å². The summed E-state index contributed by atoms with van der Waals surface area (Å²) >= 11 is -0.826. The van der Waals surface area contributed by atoms with Gasteiger partial charge in [0.1, 0.15) is 0 Å². The molecule has 10 aromatic rings. The van der Waals surface area contributed by atoms with Gasteiger partial charge in [0.25, 0.3) is 0 Å². The van der Waals surface area contributed by atoms with Crippen LogP contribution in [0.1, 0.15) is 0 Å². The van der Waals surface area contributed by atoms with Crippen LogP contribution in [0.4, 0.5) is 0 Å². The van der Waals surface area contributed by atoms with E-state index in [1.807, 2.05) is 24.5 Å². The molecule has 2 nitrogen and oxygen atoms in total. The van der Waals surface area contributed by atoms with E-state index < -0.39 is 20.8 Å². The molecule has 0 aliphatic carbocycles. The maximum absolute atomic E-state index is 4.93. The summed E-state index contributed by atoms with van der Waals surface area (Å²) in [5.74, 6) is 0. The summed E-state index contributed by atoms with van der Waals surface area (Å²) in [4.78, 5) is 9.18. The molecule has 0 aliphatic rings. The molecule has 0 amide bonds. The van der Waals surface area contributed by atoms with Crippen LogP contribution in [0.25, 0.3) is 87.9 Å². The van der Waals surface area contributed by atoms with E-state index in [0.29, 0.717) is 0 Å². The zero-order valence-corrected chi connectivity index (χ0v) is 36.1. The van der Waals surface area contributed by atoms with Gasteiger partial charge < -0.3 is 0 Å². The monoisotopic (exact) mass is 854 g/mol. The Morgan fingerprint density at radius 1 is 0.429 bits per heavy atom. The fourth-order valence-corrected chi connectivity index (χ4v) is 7.02. The molecule has 10 rings (SSSR count). The number of nitrogens with zero attached hydrogens (tertiary/aromatic N) is 2. The molecule has 0 aliphatic heterocycles. The molecular weight excluding hydrogens is 819 g/mol. The molecule has 6 heteroatoms. The number of fused-ring (bicyclic) bond motifs is 4. The van der Waals surface area contributed by atoms with Crippen LogP contribution < -0.4 is 0 Å². The van der Waals surface area contributed by atoms with Crippen molar-refractivity contribution in [1.29, 1.82) is 0 Å². The van der Waals surface area contributed by atoms with E-state index in [-0.39, 0.29) is 0 Å². The van der Waals surface area contributed by atoms with Crippen molar-refractivity contribution in [2.24, 2.45) is 0 Å². The van der Waals surface area contributed by atoms with E-state index >= 15 is 0 Å². The average molecular weight is 857 g/mol. The third kappa shape index (κ3) is 9.18. The fraction of sp³-hybridized carbons (Fsp3) is 0.0400. The minimum atomic E-state index is -0.826. The van der Waals surface area contributed by atoms with Crippen molar-refractivity contribution in [3.63, 3.8) is 0 Å². The molecule has 0 unspecified atom stereocenters. The Morgan fingerprint density at radius 3 is 1.23 bits per heavy atom. The van der Waals surface area contributed by atoms with Gasteiger partial charge in [0.2, 0.25) is 0 Å². The third-order valence-corrected chi connectivity index (χ3v) is 9.52. The zero-order chi connectivity index (χ0) is 38.7. The Balaban J connectivity index is 0.000000151. The van der Waals surface area contributed by atoms with E-state index in [1.54, 1.807) is 0 Å². The Kier molecular flexibility index (Phi) is 13.5. The van der Waals surface area contributed by atoms with E-state index in [1.165, 1.54) is 76.8 Å². The first-order chi connectivity index (χ1) is 27.6. The van der Waals surface area contributed by atoms with Crippen molar-refractivity contribution in [3.8, 4) is 44.5 Å². The minimum absolute atomic E-state index is 0.826. The van der Waals surface area contributed by atoms with Crippen molar-refractivity contribution >= 4 is 69.9 Å². The van der Waals surface area contributed by atoms with E-state index in [9.17, 15) is 0 Å². The Bertz CT molecular complexity index is 2610. The Morgan fingerprint density at radius 2 is 0.821 bits per heavy atom. The summed E-state index contributed by atoms with van der Waals surface area (Å²) in [6.07, 6.45) is 3.72. The molecule has 270 valence electrons. The summed E-state index contributed by atoms with van der Waals surface area (Å²) in [6.45, 7) is 4.31. The van der Waals surface area contributed by atoms with Gasteiger partial charge in [-0.15, -0.1) is 69.1 Å². The standard InChI is InChI=1S/2C24H16N.C2H6Si.2ClH.Zr/c2*1-2-6-17(7-3-1)21-14-19-11-12-20(15-22(19)16-21)23-10-4-8-18-9-5-13-25-24(18)23;1-3-2;;;/h2*1-16H;1-2H3;2*1H;/q2*-1;;;;+4/p-2. The van der Waals surface area contributed by atoms with Crippen molar-refractivity contribution in [2.45, 2.75) is 13.1 Å². The predicted molar refractivity (Wildman–Crippen MR) is 241 cm³/mol. The van der Waals surface area contributed by atoms with Crippen molar-refractivity contribution in [1.82, 2.24) is 9.97 Å². The molecule has 56 heavy (non-hydrogen) atoms. The number of para-hydroxylation sites is 2. The first-order valence-electron chi connectivity index (χ1n) is 18.3. The molecule has 0 N–H and O–H groups in total. The van der Waals surface area contributed by atoms with Crippen LogP contribution in [0.5, 0.6) is 0 Å². The van der Waals surface area contributed by atoms with Gasteiger partial charge in [0.15, 0.2) is 0 Å². The van der Waals surface area contributed by atoms with Crippen LogP contribution in [0.15, 0.2) is 194 Å². The normalized spacial score (nSPS) is 10.5. The number of aromatic nitrogens is 2. The maximum atomic E-state index is 4.93. The molecule has 8 aromatic carbocycles. The summed E-state index contributed by atoms with van der Waals surface area (Å²) in [5.41, 5.74) is 11.9. The molecule has 2 heterocycles. The first kappa shape index (κ1) is 39.3. The SMILES string of the molecule is C[Si]C.[Cl][Zr+2][Cl].c1ccc(-c2cc3ccc(-c4cccc5cccnc45)cc3[cH-]2)cc1.c1ccc(-c2cc3ccc(-c4cccc5cccnc45)cc3[cH-]2)cc1. The van der Waals surface area contributed by atoms with Gasteiger partial charge in [0, 0.05) is 43.8 Å². The molecule has 0 atom stereocenters. The summed E-state index contributed by atoms with van der Waals surface area (Å²) in [6, 6.07) is 64.4. The molecule has 0 fully saturated rings. The maximum Gasteiger partial charge on any atom is 0.0773 e. The summed E-state index contributed by atoms with van der Waals surface area (Å²) in [5, 5.41) is 7.43.